The number of aliphatic carboxylic acids is 1. The molecule has 0 amide bonds. The van der Waals surface area contributed by atoms with Gasteiger partial charge in [0, 0.05) is 0 Å². The van der Waals surface area contributed by atoms with Gasteiger partial charge < -0.3 is 55.8 Å². The fourth-order valence-electron chi connectivity index (χ4n) is 2.46. The average Bonchev–Trinajstić information content (AvgIpc) is 2.56. The summed E-state index contributed by atoms with van der Waals surface area (Å²) < 4.78 is 4.89. The maximum absolute atomic E-state index is 11.4. The zero-order valence-electron chi connectivity index (χ0n) is 12.3. The molecule has 0 aromatic heterocycles. The lowest BCUT2D eigenvalue weighted by atomic mass is 9.79. The van der Waals surface area contributed by atoms with Gasteiger partial charge in [0.25, 0.3) is 0 Å². The first-order valence-electron chi connectivity index (χ1n) is 6.95. The third kappa shape index (κ3) is 3.52. The van der Waals surface area contributed by atoms with Crippen LogP contribution in [0.3, 0.4) is 0 Å². The van der Waals surface area contributed by atoms with Gasteiger partial charge in [0.15, 0.2) is 0 Å². The second-order valence-corrected chi connectivity index (χ2v) is 5.57. The number of hydrogen-bond acceptors (Lipinski definition) is 11. The molecule has 10 N–H and O–H groups in total. The Morgan fingerprint density at radius 3 is 2.00 bits per heavy atom. The lowest BCUT2D eigenvalue weighted by molar-refractivity contribution is -0.291. The van der Waals surface area contributed by atoms with Crippen molar-refractivity contribution in [2.75, 3.05) is 13.2 Å². The van der Waals surface area contributed by atoms with Crippen LogP contribution in [0.2, 0.25) is 0 Å². The van der Waals surface area contributed by atoms with E-state index in [1.165, 1.54) is 0 Å². The second-order valence-electron chi connectivity index (χ2n) is 5.57. The zero-order valence-corrected chi connectivity index (χ0v) is 12.3. The van der Waals surface area contributed by atoms with Crippen LogP contribution in [0.4, 0.5) is 0 Å². The van der Waals surface area contributed by atoms with E-state index in [9.17, 15) is 45.6 Å². The molecule has 0 saturated carbocycles. The first-order valence-corrected chi connectivity index (χ1v) is 6.95. The molecule has 1 heterocycles. The molecule has 1 unspecified atom stereocenters. The molecular weight excluding hydrogens is 336 g/mol. The van der Waals surface area contributed by atoms with Gasteiger partial charge in [-0.15, -0.1) is 0 Å². The van der Waals surface area contributed by atoms with Crippen LogP contribution in [-0.4, -0.2) is 125 Å². The van der Waals surface area contributed by atoms with Gasteiger partial charge in [0.2, 0.25) is 5.60 Å². The van der Waals surface area contributed by atoms with Crippen LogP contribution in [0, 0.1) is 0 Å². The van der Waals surface area contributed by atoms with Gasteiger partial charge in [0.1, 0.15) is 48.8 Å². The molecule has 0 aromatic carbocycles. The van der Waals surface area contributed by atoms with Crippen molar-refractivity contribution < 1.29 is 60.6 Å². The van der Waals surface area contributed by atoms with Crippen LogP contribution in [-0.2, 0) is 9.53 Å². The van der Waals surface area contributed by atoms with Crippen molar-refractivity contribution in [1.82, 2.24) is 0 Å². The summed E-state index contributed by atoms with van der Waals surface area (Å²) in [6, 6.07) is 0. The normalized spacial score (nSPS) is 37.3. The van der Waals surface area contributed by atoms with Crippen LogP contribution in [0.5, 0.6) is 0 Å². The predicted molar refractivity (Wildman–Crippen MR) is 71.5 cm³/mol. The van der Waals surface area contributed by atoms with Gasteiger partial charge >= 0.3 is 5.97 Å². The Morgan fingerprint density at radius 1 is 1.04 bits per heavy atom. The Hall–Kier alpha value is -0.930. The molecule has 0 radical (unpaired) electrons. The molecule has 0 bridgehead atoms. The Labute approximate surface area is 135 Å². The number of aliphatic hydroxyl groups is 9. The summed E-state index contributed by atoms with van der Waals surface area (Å²) in [6.07, 6.45) is -17.0. The molecule has 1 aliphatic heterocycles. The highest BCUT2D eigenvalue weighted by Crippen LogP contribution is 2.32. The minimum atomic E-state index is -3.45. The number of ether oxygens (including phenoxy) is 1. The number of aliphatic hydroxyl groups excluding tert-OH is 8. The molecular formula is C12H22O12. The SMILES string of the molecule is O=C(O)[C@](O)(C1O[C@H](CO)[C@@H](O)[C@H](O)[C@@H]1O)[C@@H](O)[C@H](O)[C@H](O)CO. The topological polar surface area (TPSA) is 229 Å². The summed E-state index contributed by atoms with van der Waals surface area (Å²) in [5.74, 6) is -2.19. The van der Waals surface area contributed by atoms with Crippen molar-refractivity contribution in [3.8, 4) is 0 Å². The molecule has 1 rings (SSSR count). The van der Waals surface area contributed by atoms with Gasteiger partial charge in [-0.1, -0.05) is 0 Å². The molecule has 142 valence electrons. The monoisotopic (exact) mass is 358 g/mol. The van der Waals surface area contributed by atoms with E-state index in [2.05, 4.69) is 0 Å². The Kier molecular flexibility index (Phi) is 7.01. The number of hydrogen-bond donors (Lipinski definition) is 10. The first kappa shape index (κ1) is 21.1. The summed E-state index contributed by atoms with van der Waals surface area (Å²) in [4.78, 5) is 11.4. The van der Waals surface area contributed by atoms with Crippen LogP contribution < -0.4 is 0 Å². The summed E-state index contributed by atoms with van der Waals surface area (Å²) in [5, 5.41) is 95.4. The van der Waals surface area contributed by atoms with E-state index >= 15 is 0 Å². The third-order valence-electron chi connectivity index (χ3n) is 4.02. The van der Waals surface area contributed by atoms with Crippen molar-refractivity contribution in [1.29, 1.82) is 0 Å². The summed E-state index contributed by atoms with van der Waals surface area (Å²) >= 11 is 0. The largest absolute Gasteiger partial charge is 0.479 e. The summed E-state index contributed by atoms with van der Waals surface area (Å²) in [5.41, 5.74) is -3.45. The van der Waals surface area contributed by atoms with E-state index in [1.54, 1.807) is 0 Å². The molecule has 0 aromatic rings. The summed E-state index contributed by atoms with van der Waals surface area (Å²) in [6.45, 7) is -2.00. The molecule has 1 saturated heterocycles. The Bertz CT molecular complexity index is 430. The summed E-state index contributed by atoms with van der Waals surface area (Å²) in [7, 11) is 0. The fraction of sp³-hybridized carbons (Fsp3) is 0.917. The van der Waals surface area contributed by atoms with E-state index in [1.807, 2.05) is 0 Å². The van der Waals surface area contributed by atoms with Crippen LogP contribution in [0.25, 0.3) is 0 Å². The first-order chi connectivity index (χ1) is 11.0. The molecule has 1 aliphatic rings. The van der Waals surface area contributed by atoms with E-state index in [0.29, 0.717) is 0 Å². The maximum atomic E-state index is 11.4. The smallest absolute Gasteiger partial charge is 0.341 e. The van der Waals surface area contributed by atoms with E-state index in [4.69, 9.17) is 14.9 Å². The Balaban J connectivity index is 3.24. The van der Waals surface area contributed by atoms with Crippen molar-refractivity contribution in [3.63, 3.8) is 0 Å². The van der Waals surface area contributed by atoms with Crippen LogP contribution in [0.15, 0.2) is 0 Å². The molecule has 1 fully saturated rings. The van der Waals surface area contributed by atoms with E-state index < -0.39 is 73.6 Å². The van der Waals surface area contributed by atoms with E-state index in [0.717, 1.165) is 0 Å². The zero-order chi connectivity index (χ0) is 18.8. The standard InChI is InChI=1S/C12H22O12/c13-1-3(15)5(16)9(20)12(23,11(21)22)10-8(19)7(18)6(17)4(2-14)24-10/h3-10,13-20,23H,1-2H2,(H,21,22)/t3-,4-,5-,6-,7+,8+,9+,10?,12-/m1/s1. The minimum absolute atomic E-state index is 0.922. The van der Waals surface area contributed by atoms with Gasteiger partial charge in [-0.3, -0.25) is 0 Å². The number of carbonyl (C=O) groups is 1. The lowest BCUT2D eigenvalue weighted by Crippen LogP contribution is -2.72. The van der Waals surface area contributed by atoms with Crippen molar-refractivity contribution in [2.24, 2.45) is 0 Å². The van der Waals surface area contributed by atoms with E-state index in [-0.39, 0.29) is 0 Å². The fourth-order valence-corrected chi connectivity index (χ4v) is 2.46. The lowest BCUT2D eigenvalue weighted by Gasteiger charge is -2.47. The highest BCUT2D eigenvalue weighted by molar-refractivity contribution is 5.79. The Morgan fingerprint density at radius 2 is 1.58 bits per heavy atom. The van der Waals surface area contributed by atoms with Gasteiger partial charge in [0.05, 0.1) is 13.2 Å². The highest BCUT2D eigenvalue weighted by Gasteiger charge is 2.61. The molecule has 9 atom stereocenters. The van der Waals surface area contributed by atoms with Gasteiger partial charge in [-0.2, -0.15) is 0 Å². The second kappa shape index (κ2) is 7.97. The van der Waals surface area contributed by atoms with Crippen molar-refractivity contribution in [2.45, 2.75) is 54.4 Å². The number of carboxylic acids is 1. The van der Waals surface area contributed by atoms with Crippen molar-refractivity contribution >= 4 is 5.97 Å². The molecule has 0 aliphatic carbocycles. The highest BCUT2D eigenvalue weighted by atomic mass is 16.6. The molecule has 12 nitrogen and oxygen atoms in total. The van der Waals surface area contributed by atoms with Crippen LogP contribution >= 0.6 is 0 Å². The number of rotatable bonds is 7. The quantitative estimate of drug-likeness (QED) is 0.205. The predicted octanol–water partition coefficient (Wildman–Crippen LogP) is -6.28. The van der Waals surface area contributed by atoms with Gasteiger partial charge in [-0.05, 0) is 0 Å². The van der Waals surface area contributed by atoms with Crippen LogP contribution in [0.1, 0.15) is 0 Å². The van der Waals surface area contributed by atoms with Crippen molar-refractivity contribution in [3.05, 3.63) is 0 Å². The molecule has 24 heavy (non-hydrogen) atoms. The third-order valence-corrected chi connectivity index (χ3v) is 4.02. The molecule has 0 spiro atoms. The average molecular weight is 358 g/mol. The minimum Gasteiger partial charge on any atom is -0.479 e. The molecule has 12 heteroatoms. The van der Waals surface area contributed by atoms with Gasteiger partial charge in [-0.25, -0.2) is 4.79 Å². The maximum Gasteiger partial charge on any atom is 0.341 e. The number of carboxylic acid groups (broad SMARTS) is 1.